The van der Waals surface area contributed by atoms with E-state index in [0.717, 1.165) is 12.2 Å². The van der Waals surface area contributed by atoms with Crippen LogP contribution in [0.15, 0.2) is 12.3 Å². The van der Waals surface area contributed by atoms with Crippen molar-refractivity contribution in [1.82, 2.24) is 10.2 Å². The Hall–Kier alpha value is -0.990. The van der Waals surface area contributed by atoms with Crippen LogP contribution in [0, 0.1) is 5.92 Å². The van der Waals surface area contributed by atoms with Gasteiger partial charge in [0.25, 0.3) is 0 Å². The topological polar surface area (TPSA) is 32.3 Å². The van der Waals surface area contributed by atoms with Crippen LogP contribution in [0.2, 0.25) is 0 Å². The Kier molecular flexibility index (Phi) is 1.66. The van der Waals surface area contributed by atoms with Crippen LogP contribution in [0.4, 0.5) is 4.79 Å². The van der Waals surface area contributed by atoms with Gasteiger partial charge in [-0.2, -0.15) is 0 Å². The Morgan fingerprint density at radius 2 is 2.40 bits per heavy atom. The monoisotopic (exact) mass is 140 g/mol. The average Bonchev–Trinajstić information content (AvgIpc) is 1.84. The van der Waals surface area contributed by atoms with Crippen molar-refractivity contribution in [2.75, 3.05) is 13.6 Å². The van der Waals surface area contributed by atoms with Gasteiger partial charge in [0, 0.05) is 25.2 Å². The highest BCUT2D eigenvalue weighted by atomic mass is 16.2. The van der Waals surface area contributed by atoms with Crippen molar-refractivity contribution < 1.29 is 4.79 Å². The van der Waals surface area contributed by atoms with Crippen molar-refractivity contribution in [2.24, 2.45) is 5.92 Å². The maximum absolute atomic E-state index is 10.9. The van der Waals surface area contributed by atoms with Crippen LogP contribution in [0.3, 0.4) is 0 Å². The summed E-state index contributed by atoms with van der Waals surface area (Å²) in [6.45, 7) is 6.53. The summed E-state index contributed by atoms with van der Waals surface area (Å²) in [4.78, 5) is 12.6. The van der Waals surface area contributed by atoms with Gasteiger partial charge in [0.05, 0.1) is 0 Å². The van der Waals surface area contributed by atoms with Crippen molar-refractivity contribution in [3.05, 3.63) is 12.3 Å². The van der Waals surface area contributed by atoms with E-state index in [4.69, 9.17) is 0 Å². The molecule has 1 heterocycles. The van der Waals surface area contributed by atoms with Crippen molar-refractivity contribution in [1.29, 1.82) is 0 Å². The summed E-state index contributed by atoms with van der Waals surface area (Å²) in [6.07, 6.45) is 0. The summed E-state index contributed by atoms with van der Waals surface area (Å²) >= 11 is 0. The van der Waals surface area contributed by atoms with Gasteiger partial charge in [-0.15, -0.1) is 0 Å². The van der Waals surface area contributed by atoms with E-state index in [0.29, 0.717) is 5.92 Å². The maximum Gasteiger partial charge on any atom is 0.321 e. The Morgan fingerprint density at radius 3 is 2.90 bits per heavy atom. The molecular weight excluding hydrogens is 128 g/mol. The number of carbonyl (C=O) groups excluding carboxylic acids is 1. The summed E-state index contributed by atoms with van der Waals surface area (Å²) in [5.41, 5.74) is 0.822. The van der Waals surface area contributed by atoms with Crippen LogP contribution in [0.1, 0.15) is 6.92 Å². The van der Waals surface area contributed by atoms with E-state index < -0.39 is 0 Å². The molecular formula is C7H12N2O. The lowest BCUT2D eigenvalue weighted by molar-refractivity contribution is 0.195. The van der Waals surface area contributed by atoms with E-state index >= 15 is 0 Å². The van der Waals surface area contributed by atoms with Gasteiger partial charge >= 0.3 is 6.03 Å². The second kappa shape index (κ2) is 2.33. The first-order chi connectivity index (χ1) is 4.61. The summed E-state index contributed by atoms with van der Waals surface area (Å²) < 4.78 is 0. The number of hydrogen-bond acceptors (Lipinski definition) is 1. The summed E-state index contributed by atoms with van der Waals surface area (Å²) in [5, 5.41) is 2.67. The second-order valence-corrected chi connectivity index (χ2v) is 2.74. The third kappa shape index (κ3) is 1.12. The zero-order valence-electron chi connectivity index (χ0n) is 6.35. The van der Waals surface area contributed by atoms with Crippen LogP contribution >= 0.6 is 0 Å². The normalized spacial score (nSPS) is 26.6. The fourth-order valence-electron chi connectivity index (χ4n) is 0.960. The molecule has 3 nitrogen and oxygen atoms in total. The number of rotatable bonds is 0. The lowest BCUT2D eigenvalue weighted by Gasteiger charge is -2.29. The molecule has 0 radical (unpaired) electrons. The summed E-state index contributed by atoms with van der Waals surface area (Å²) in [5.74, 6) is 0.364. The number of urea groups is 1. The third-order valence-corrected chi connectivity index (χ3v) is 1.76. The molecule has 1 atom stereocenters. The van der Waals surface area contributed by atoms with E-state index in [1.807, 2.05) is 6.92 Å². The van der Waals surface area contributed by atoms with Gasteiger partial charge in [0.15, 0.2) is 0 Å². The second-order valence-electron chi connectivity index (χ2n) is 2.74. The number of nitrogens with zero attached hydrogens (tertiary/aromatic N) is 1. The minimum Gasteiger partial charge on any atom is -0.327 e. The minimum atomic E-state index is -0.0527. The first kappa shape index (κ1) is 7.12. The van der Waals surface area contributed by atoms with Crippen LogP contribution in [-0.4, -0.2) is 24.5 Å². The molecule has 1 saturated heterocycles. The molecule has 0 aromatic rings. The van der Waals surface area contributed by atoms with E-state index in [9.17, 15) is 4.79 Å². The largest absolute Gasteiger partial charge is 0.327 e. The van der Waals surface area contributed by atoms with Crippen LogP contribution in [-0.2, 0) is 0 Å². The molecule has 1 N–H and O–H groups in total. The Balaban J connectivity index is 2.63. The van der Waals surface area contributed by atoms with Crippen LogP contribution < -0.4 is 5.32 Å². The molecule has 1 aliphatic rings. The van der Waals surface area contributed by atoms with Crippen LogP contribution in [0.5, 0.6) is 0 Å². The van der Waals surface area contributed by atoms with Gasteiger partial charge < -0.3 is 10.2 Å². The Morgan fingerprint density at radius 1 is 1.80 bits per heavy atom. The molecule has 10 heavy (non-hydrogen) atoms. The molecule has 1 unspecified atom stereocenters. The highest BCUT2D eigenvalue weighted by Crippen LogP contribution is 2.11. The number of carbonyl (C=O) groups is 1. The molecule has 0 bridgehead atoms. The molecule has 1 rings (SSSR count). The Bertz CT molecular complexity index is 158. The average molecular weight is 140 g/mol. The molecule has 1 aliphatic heterocycles. The van der Waals surface area contributed by atoms with Crippen molar-refractivity contribution in [3.63, 3.8) is 0 Å². The van der Waals surface area contributed by atoms with E-state index in [-0.39, 0.29) is 6.03 Å². The zero-order valence-corrected chi connectivity index (χ0v) is 6.35. The lowest BCUT2D eigenvalue weighted by atomic mass is 10.1. The van der Waals surface area contributed by atoms with E-state index in [1.54, 1.807) is 11.9 Å². The molecule has 56 valence electrons. The fraction of sp³-hybridized carbons (Fsp3) is 0.571. The molecule has 2 amide bonds. The van der Waals surface area contributed by atoms with Crippen molar-refractivity contribution >= 4 is 6.03 Å². The maximum atomic E-state index is 10.9. The third-order valence-electron chi connectivity index (χ3n) is 1.76. The van der Waals surface area contributed by atoms with Gasteiger partial charge in [0.1, 0.15) is 0 Å². The van der Waals surface area contributed by atoms with Gasteiger partial charge in [-0.25, -0.2) is 4.79 Å². The van der Waals surface area contributed by atoms with Crippen LogP contribution in [0.25, 0.3) is 0 Å². The van der Waals surface area contributed by atoms with Crippen molar-refractivity contribution in [3.8, 4) is 0 Å². The summed E-state index contributed by atoms with van der Waals surface area (Å²) in [6, 6.07) is -0.0527. The fourth-order valence-corrected chi connectivity index (χ4v) is 0.960. The molecule has 0 spiro atoms. The first-order valence-electron chi connectivity index (χ1n) is 3.32. The molecule has 0 aliphatic carbocycles. The zero-order chi connectivity index (χ0) is 7.72. The predicted molar refractivity (Wildman–Crippen MR) is 39.5 cm³/mol. The number of amides is 2. The van der Waals surface area contributed by atoms with E-state index in [1.165, 1.54) is 0 Å². The van der Waals surface area contributed by atoms with Gasteiger partial charge in [-0.05, 0) is 0 Å². The molecule has 3 heteroatoms. The van der Waals surface area contributed by atoms with Crippen molar-refractivity contribution in [2.45, 2.75) is 6.92 Å². The molecule has 0 aromatic heterocycles. The SMILES string of the molecule is C=C1NC(=O)N(C)CC1C. The quantitative estimate of drug-likeness (QED) is 0.530. The van der Waals surface area contributed by atoms with Gasteiger partial charge in [-0.3, -0.25) is 0 Å². The summed E-state index contributed by atoms with van der Waals surface area (Å²) in [7, 11) is 1.78. The van der Waals surface area contributed by atoms with E-state index in [2.05, 4.69) is 11.9 Å². The van der Waals surface area contributed by atoms with Gasteiger partial charge in [0.2, 0.25) is 0 Å². The molecule has 0 saturated carbocycles. The van der Waals surface area contributed by atoms with Gasteiger partial charge in [-0.1, -0.05) is 13.5 Å². The Labute approximate surface area is 60.7 Å². The first-order valence-corrected chi connectivity index (χ1v) is 3.32. The minimum absolute atomic E-state index is 0.0527. The molecule has 1 fully saturated rings. The standard InChI is InChI=1S/C7H12N2O/c1-5-4-9(3)7(10)8-6(5)2/h5H,2,4H2,1,3H3,(H,8,10). The smallest absolute Gasteiger partial charge is 0.321 e. The highest BCUT2D eigenvalue weighted by Gasteiger charge is 2.21. The number of nitrogens with one attached hydrogen (secondary N) is 1. The number of hydrogen-bond donors (Lipinski definition) is 1. The predicted octanol–water partition coefficient (Wildman–Crippen LogP) is 0.791. The highest BCUT2D eigenvalue weighted by molar-refractivity contribution is 5.76. The molecule has 0 aromatic carbocycles. The lowest BCUT2D eigenvalue weighted by Crippen LogP contribution is -2.46.